The van der Waals surface area contributed by atoms with Gasteiger partial charge in [0.15, 0.2) is 6.10 Å². The summed E-state index contributed by atoms with van der Waals surface area (Å²) in [5, 5.41) is 0. The summed E-state index contributed by atoms with van der Waals surface area (Å²) in [6, 6.07) is 9.84. The van der Waals surface area contributed by atoms with E-state index in [4.69, 9.17) is 4.74 Å². The zero-order valence-corrected chi connectivity index (χ0v) is 15.1. The third-order valence-electron chi connectivity index (χ3n) is 4.04. The van der Waals surface area contributed by atoms with E-state index in [1.54, 1.807) is 31.3 Å². The first-order valence-electron chi connectivity index (χ1n) is 8.29. The molecule has 1 aromatic heterocycles. The van der Waals surface area contributed by atoms with Crippen LogP contribution in [0.5, 0.6) is 5.75 Å². The zero-order valence-electron chi connectivity index (χ0n) is 15.1. The van der Waals surface area contributed by atoms with Crippen molar-refractivity contribution in [2.75, 3.05) is 7.05 Å². The maximum absolute atomic E-state index is 12.5. The van der Waals surface area contributed by atoms with Crippen LogP contribution >= 0.6 is 0 Å². The van der Waals surface area contributed by atoms with Crippen LogP contribution in [-0.2, 0) is 11.3 Å². The van der Waals surface area contributed by atoms with E-state index in [1.165, 1.54) is 11.1 Å². The number of hydrogen-bond donors (Lipinski definition) is 0. The number of aryl methyl sites for hydroxylation is 1. The van der Waals surface area contributed by atoms with Gasteiger partial charge in [-0.1, -0.05) is 26.0 Å². The van der Waals surface area contributed by atoms with E-state index in [-0.39, 0.29) is 5.91 Å². The van der Waals surface area contributed by atoms with Crippen LogP contribution in [0.1, 0.15) is 43.4 Å². The summed E-state index contributed by atoms with van der Waals surface area (Å²) in [6.07, 6.45) is 2.96. The van der Waals surface area contributed by atoms with Gasteiger partial charge in [-0.2, -0.15) is 0 Å². The largest absolute Gasteiger partial charge is 0.481 e. The summed E-state index contributed by atoms with van der Waals surface area (Å²) in [4.78, 5) is 18.2. The number of benzene rings is 1. The third kappa shape index (κ3) is 4.57. The molecule has 1 atom stereocenters. The third-order valence-corrected chi connectivity index (χ3v) is 4.04. The molecule has 0 saturated carbocycles. The minimum absolute atomic E-state index is 0.0514. The van der Waals surface area contributed by atoms with Crippen molar-refractivity contribution < 1.29 is 9.53 Å². The molecule has 24 heavy (non-hydrogen) atoms. The molecule has 0 aliphatic rings. The molecule has 0 aliphatic heterocycles. The molecule has 1 unspecified atom stereocenters. The molecule has 0 radical (unpaired) electrons. The Balaban J connectivity index is 1.99. The summed E-state index contributed by atoms with van der Waals surface area (Å²) in [7, 11) is 1.78. The minimum Gasteiger partial charge on any atom is -0.481 e. The van der Waals surface area contributed by atoms with Gasteiger partial charge in [0, 0.05) is 26.0 Å². The van der Waals surface area contributed by atoms with Gasteiger partial charge in [0.2, 0.25) is 0 Å². The number of amides is 1. The maximum atomic E-state index is 12.5. The van der Waals surface area contributed by atoms with Crippen molar-refractivity contribution in [1.82, 2.24) is 9.88 Å². The van der Waals surface area contributed by atoms with Gasteiger partial charge in [-0.05, 0) is 54.7 Å². The molecular weight excluding hydrogens is 300 g/mol. The average molecular weight is 326 g/mol. The number of rotatable bonds is 6. The molecule has 2 rings (SSSR count). The van der Waals surface area contributed by atoms with Gasteiger partial charge in [0.05, 0.1) is 0 Å². The van der Waals surface area contributed by atoms with Crippen molar-refractivity contribution in [2.24, 2.45) is 0 Å². The number of pyridine rings is 1. The van der Waals surface area contributed by atoms with Gasteiger partial charge in [0.1, 0.15) is 5.75 Å². The predicted octanol–water partition coefficient (Wildman–Crippen LogP) is 3.94. The first kappa shape index (κ1) is 18.0. The van der Waals surface area contributed by atoms with Crippen molar-refractivity contribution in [3.63, 3.8) is 0 Å². The molecule has 4 heteroatoms. The van der Waals surface area contributed by atoms with E-state index in [0.29, 0.717) is 12.5 Å². The van der Waals surface area contributed by atoms with Crippen LogP contribution in [0.2, 0.25) is 0 Å². The van der Waals surface area contributed by atoms with Crippen LogP contribution in [0.15, 0.2) is 42.7 Å². The Hall–Kier alpha value is -2.36. The number of aromatic nitrogens is 1. The summed E-state index contributed by atoms with van der Waals surface area (Å²) >= 11 is 0. The molecular formula is C20H26N2O2. The molecule has 0 bridgehead atoms. The molecule has 2 aromatic rings. The van der Waals surface area contributed by atoms with E-state index < -0.39 is 6.10 Å². The molecule has 0 saturated heterocycles. The fraction of sp³-hybridized carbons (Fsp3) is 0.400. The standard InChI is InChI=1S/C20H26N2O2/c1-14(2)19-9-8-18(11-15(19)3)24-16(4)20(23)22(5)13-17-7-6-10-21-12-17/h6-12,14,16H,13H2,1-5H3. The number of carbonyl (C=O) groups is 1. The van der Waals surface area contributed by atoms with Crippen LogP contribution in [-0.4, -0.2) is 28.9 Å². The maximum Gasteiger partial charge on any atom is 0.263 e. The number of carbonyl (C=O) groups excluding carboxylic acids is 1. The molecule has 0 aliphatic carbocycles. The van der Waals surface area contributed by atoms with Gasteiger partial charge in [-0.3, -0.25) is 9.78 Å². The highest BCUT2D eigenvalue weighted by Crippen LogP contribution is 2.24. The lowest BCUT2D eigenvalue weighted by Gasteiger charge is -2.22. The molecule has 1 heterocycles. The second kappa shape index (κ2) is 7.95. The molecule has 4 nitrogen and oxygen atoms in total. The van der Waals surface area contributed by atoms with Gasteiger partial charge < -0.3 is 9.64 Å². The summed E-state index contributed by atoms with van der Waals surface area (Å²) in [5.41, 5.74) is 3.48. The second-order valence-corrected chi connectivity index (χ2v) is 6.49. The minimum atomic E-state index is -0.532. The molecule has 1 amide bonds. The Morgan fingerprint density at radius 1 is 1.25 bits per heavy atom. The summed E-state index contributed by atoms with van der Waals surface area (Å²) < 4.78 is 5.84. The Morgan fingerprint density at radius 3 is 2.58 bits per heavy atom. The van der Waals surface area contributed by atoms with Gasteiger partial charge in [-0.25, -0.2) is 0 Å². The van der Waals surface area contributed by atoms with Gasteiger partial charge in [0.25, 0.3) is 5.91 Å². The monoisotopic (exact) mass is 326 g/mol. The first-order valence-corrected chi connectivity index (χ1v) is 8.29. The van der Waals surface area contributed by atoms with E-state index in [9.17, 15) is 4.79 Å². The average Bonchev–Trinajstić information content (AvgIpc) is 2.54. The normalized spacial score (nSPS) is 12.1. The fourth-order valence-corrected chi connectivity index (χ4v) is 2.78. The van der Waals surface area contributed by atoms with E-state index in [0.717, 1.165) is 11.3 Å². The highest BCUT2D eigenvalue weighted by molar-refractivity contribution is 5.80. The Morgan fingerprint density at radius 2 is 2.00 bits per heavy atom. The van der Waals surface area contributed by atoms with Crippen molar-refractivity contribution in [3.8, 4) is 5.75 Å². The van der Waals surface area contributed by atoms with E-state index >= 15 is 0 Å². The highest BCUT2D eigenvalue weighted by Gasteiger charge is 2.19. The lowest BCUT2D eigenvalue weighted by Crippen LogP contribution is -2.37. The molecule has 0 fully saturated rings. The van der Waals surface area contributed by atoms with Crippen molar-refractivity contribution in [1.29, 1.82) is 0 Å². The van der Waals surface area contributed by atoms with Crippen LogP contribution in [0, 0.1) is 6.92 Å². The Labute approximate surface area is 144 Å². The van der Waals surface area contributed by atoms with Gasteiger partial charge in [-0.15, -0.1) is 0 Å². The molecule has 0 spiro atoms. The Bertz CT molecular complexity index is 683. The number of ether oxygens (including phenoxy) is 1. The number of likely N-dealkylation sites (N-methyl/N-ethyl adjacent to an activating group) is 1. The zero-order chi connectivity index (χ0) is 17.7. The van der Waals surface area contributed by atoms with Crippen molar-refractivity contribution in [2.45, 2.75) is 46.3 Å². The van der Waals surface area contributed by atoms with Crippen molar-refractivity contribution in [3.05, 3.63) is 59.4 Å². The lowest BCUT2D eigenvalue weighted by molar-refractivity contribution is -0.137. The van der Waals surface area contributed by atoms with Crippen LogP contribution < -0.4 is 4.74 Å². The SMILES string of the molecule is Cc1cc(OC(C)C(=O)N(C)Cc2cccnc2)ccc1C(C)C. The molecule has 128 valence electrons. The number of nitrogens with zero attached hydrogens (tertiary/aromatic N) is 2. The second-order valence-electron chi connectivity index (χ2n) is 6.49. The quantitative estimate of drug-likeness (QED) is 0.807. The van der Waals surface area contributed by atoms with E-state index in [2.05, 4.69) is 31.8 Å². The summed E-state index contributed by atoms with van der Waals surface area (Å²) in [5.74, 6) is 1.15. The Kier molecular flexibility index (Phi) is 5.96. The predicted molar refractivity (Wildman–Crippen MR) is 96.1 cm³/mol. The van der Waals surface area contributed by atoms with Crippen molar-refractivity contribution >= 4 is 5.91 Å². The smallest absolute Gasteiger partial charge is 0.263 e. The highest BCUT2D eigenvalue weighted by atomic mass is 16.5. The van der Waals surface area contributed by atoms with Gasteiger partial charge >= 0.3 is 0 Å². The van der Waals surface area contributed by atoms with Crippen LogP contribution in [0.4, 0.5) is 0 Å². The fourth-order valence-electron chi connectivity index (χ4n) is 2.78. The first-order chi connectivity index (χ1) is 11.4. The lowest BCUT2D eigenvalue weighted by atomic mass is 9.98. The van der Waals surface area contributed by atoms with Crippen LogP contribution in [0.25, 0.3) is 0 Å². The molecule has 1 aromatic carbocycles. The summed E-state index contributed by atoms with van der Waals surface area (Å²) in [6.45, 7) is 8.72. The molecule has 0 N–H and O–H groups in total. The topological polar surface area (TPSA) is 42.4 Å². The van der Waals surface area contributed by atoms with Crippen LogP contribution in [0.3, 0.4) is 0 Å². The number of hydrogen-bond acceptors (Lipinski definition) is 3. The van der Waals surface area contributed by atoms with E-state index in [1.807, 2.05) is 24.3 Å².